The SMILES string of the molecule is CCOc1csc2ccc(F)c(F)c12. The van der Waals surface area contributed by atoms with E-state index in [4.69, 9.17) is 4.74 Å². The number of benzene rings is 1. The van der Waals surface area contributed by atoms with Gasteiger partial charge in [-0.25, -0.2) is 8.78 Å². The van der Waals surface area contributed by atoms with E-state index in [1.807, 2.05) is 0 Å². The zero-order valence-electron chi connectivity index (χ0n) is 7.51. The Labute approximate surface area is 83.9 Å². The Morgan fingerprint density at radius 3 is 2.86 bits per heavy atom. The van der Waals surface area contributed by atoms with Gasteiger partial charge in [-0.15, -0.1) is 11.3 Å². The Balaban J connectivity index is 2.69. The van der Waals surface area contributed by atoms with Gasteiger partial charge in [-0.05, 0) is 19.1 Å². The van der Waals surface area contributed by atoms with Crippen molar-refractivity contribution in [1.29, 1.82) is 0 Å². The average molecular weight is 214 g/mol. The van der Waals surface area contributed by atoms with Gasteiger partial charge in [0.15, 0.2) is 11.6 Å². The molecular weight excluding hydrogens is 206 g/mol. The van der Waals surface area contributed by atoms with Crippen LogP contribution in [0.15, 0.2) is 17.5 Å². The molecule has 1 aromatic heterocycles. The van der Waals surface area contributed by atoms with Crippen molar-refractivity contribution >= 4 is 21.4 Å². The molecule has 0 unspecified atom stereocenters. The molecule has 14 heavy (non-hydrogen) atoms. The second-order valence-electron chi connectivity index (χ2n) is 2.77. The Bertz CT molecular complexity index is 464. The van der Waals surface area contributed by atoms with E-state index in [2.05, 4.69) is 0 Å². The number of hydrogen-bond donors (Lipinski definition) is 0. The first-order valence-electron chi connectivity index (χ1n) is 4.22. The summed E-state index contributed by atoms with van der Waals surface area (Å²) in [5.41, 5.74) is 0. The van der Waals surface area contributed by atoms with Crippen molar-refractivity contribution in [1.82, 2.24) is 0 Å². The van der Waals surface area contributed by atoms with E-state index in [0.717, 1.165) is 6.07 Å². The normalized spacial score (nSPS) is 10.8. The van der Waals surface area contributed by atoms with Gasteiger partial charge < -0.3 is 4.74 Å². The monoisotopic (exact) mass is 214 g/mol. The van der Waals surface area contributed by atoms with Gasteiger partial charge in [-0.3, -0.25) is 0 Å². The van der Waals surface area contributed by atoms with Crippen LogP contribution in [0, 0.1) is 11.6 Å². The molecule has 2 aromatic rings. The molecule has 0 aliphatic rings. The molecule has 0 amide bonds. The third kappa shape index (κ3) is 1.35. The van der Waals surface area contributed by atoms with Crippen LogP contribution < -0.4 is 4.74 Å². The Morgan fingerprint density at radius 2 is 2.14 bits per heavy atom. The highest BCUT2D eigenvalue weighted by atomic mass is 32.1. The lowest BCUT2D eigenvalue weighted by Gasteiger charge is -2.01. The predicted molar refractivity (Wildman–Crippen MR) is 52.9 cm³/mol. The number of thiophene rings is 1. The average Bonchev–Trinajstić information content (AvgIpc) is 2.57. The van der Waals surface area contributed by atoms with E-state index in [9.17, 15) is 8.78 Å². The molecule has 0 radical (unpaired) electrons. The highest BCUT2D eigenvalue weighted by Crippen LogP contribution is 2.35. The van der Waals surface area contributed by atoms with Crippen LogP contribution in [0.4, 0.5) is 8.78 Å². The third-order valence-electron chi connectivity index (χ3n) is 1.90. The van der Waals surface area contributed by atoms with E-state index >= 15 is 0 Å². The highest BCUT2D eigenvalue weighted by molar-refractivity contribution is 7.17. The second kappa shape index (κ2) is 3.53. The molecule has 0 fully saturated rings. The molecule has 0 bridgehead atoms. The summed E-state index contributed by atoms with van der Waals surface area (Å²) in [6, 6.07) is 2.69. The summed E-state index contributed by atoms with van der Waals surface area (Å²) in [6.45, 7) is 2.25. The number of ether oxygens (including phenoxy) is 1. The first kappa shape index (κ1) is 9.40. The largest absolute Gasteiger partial charge is 0.492 e. The van der Waals surface area contributed by atoms with Crippen LogP contribution in [0.2, 0.25) is 0 Å². The van der Waals surface area contributed by atoms with E-state index < -0.39 is 11.6 Å². The molecule has 74 valence electrons. The minimum absolute atomic E-state index is 0.247. The van der Waals surface area contributed by atoms with Gasteiger partial charge in [-0.2, -0.15) is 0 Å². The van der Waals surface area contributed by atoms with Gasteiger partial charge in [0.25, 0.3) is 0 Å². The molecule has 1 nitrogen and oxygen atoms in total. The van der Waals surface area contributed by atoms with Crippen LogP contribution in [0.5, 0.6) is 5.75 Å². The quantitative estimate of drug-likeness (QED) is 0.742. The minimum Gasteiger partial charge on any atom is -0.492 e. The molecule has 2 rings (SSSR count). The lowest BCUT2D eigenvalue weighted by atomic mass is 10.2. The maximum atomic E-state index is 13.4. The summed E-state index contributed by atoms with van der Waals surface area (Å²) >= 11 is 1.35. The van der Waals surface area contributed by atoms with Gasteiger partial charge in [0.2, 0.25) is 0 Å². The fourth-order valence-electron chi connectivity index (χ4n) is 1.30. The zero-order chi connectivity index (χ0) is 10.1. The second-order valence-corrected chi connectivity index (χ2v) is 3.68. The lowest BCUT2D eigenvalue weighted by Crippen LogP contribution is -1.92. The third-order valence-corrected chi connectivity index (χ3v) is 2.82. The van der Waals surface area contributed by atoms with Gasteiger partial charge in [0.1, 0.15) is 5.75 Å². The lowest BCUT2D eigenvalue weighted by molar-refractivity contribution is 0.344. The molecule has 0 spiro atoms. The molecule has 0 N–H and O–H groups in total. The predicted octanol–water partition coefficient (Wildman–Crippen LogP) is 3.58. The minimum atomic E-state index is -0.836. The summed E-state index contributed by atoms with van der Waals surface area (Å²) < 4.78 is 32.2. The summed E-state index contributed by atoms with van der Waals surface area (Å²) in [6.07, 6.45) is 0. The Morgan fingerprint density at radius 1 is 1.36 bits per heavy atom. The van der Waals surface area contributed by atoms with Crippen molar-refractivity contribution in [2.24, 2.45) is 0 Å². The van der Waals surface area contributed by atoms with Gasteiger partial charge in [-0.1, -0.05) is 0 Å². The molecule has 1 aromatic carbocycles. The van der Waals surface area contributed by atoms with Crippen molar-refractivity contribution in [3.05, 3.63) is 29.1 Å². The molecule has 0 saturated heterocycles. The van der Waals surface area contributed by atoms with Crippen molar-refractivity contribution in [3.63, 3.8) is 0 Å². The standard InChI is InChI=1S/C10H8F2OS/c1-2-13-7-5-14-8-4-3-6(11)10(12)9(7)8/h3-5H,2H2,1H3. The van der Waals surface area contributed by atoms with Crippen LogP contribution in [-0.2, 0) is 0 Å². The van der Waals surface area contributed by atoms with Gasteiger partial charge >= 0.3 is 0 Å². The van der Waals surface area contributed by atoms with Crippen LogP contribution >= 0.6 is 11.3 Å². The van der Waals surface area contributed by atoms with Crippen LogP contribution in [0.1, 0.15) is 6.92 Å². The van der Waals surface area contributed by atoms with Gasteiger partial charge in [0.05, 0.1) is 12.0 Å². The van der Waals surface area contributed by atoms with Crippen LogP contribution in [0.25, 0.3) is 10.1 Å². The summed E-state index contributed by atoms with van der Waals surface area (Å²) in [7, 11) is 0. The van der Waals surface area contributed by atoms with Crippen molar-refractivity contribution in [3.8, 4) is 5.75 Å². The van der Waals surface area contributed by atoms with Crippen molar-refractivity contribution in [2.45, 2.75) is 6.92 Å². The maximum absolute atomic E-state index is 13.4. The topological polar surface area (TPSA) is 9.23 Å². The number of hydrogen-bond acceptors (Lipinski definition) is 2. The van der Waals surface area contributed by atoms with E-state index in [1.165, 1.54) is 11.3 Å². The fourth-order valence-corrected chi connectivity index (χ4v) is 2.17. The molecule has 0 saturated carbocycles. The Kier molecular flexibility index (Phi) is 2.37. The van der Waals surface area contributed by atoms with Crippen molar-refractivity contribution < 1.29 is 13.5 Å². The molecule has 0 aliphatic carbocycles. The molecule has 1 heterocycles. The maximum Gasteiger partial charge on any atom is 0.171 e. The molecule has 0 aliphatic heterocycles. The highest BCUT2D eigenvalue weighted by Gasteiger charge is 2.13. The number of halogens is 2. The number of fused-ring (bicyclic) bond motifs is 1. The molecule has 4 heteroatoms. The smallest absolute Gasteiger partial charge is 0.171 e. The summed E-state index contributed by atoms with van der Waals surface area (Å²) in [5, 5.41) is 1.94. The van der Waals surface area contributed by atoms with Crippen molar-refractivity contribution in [2.75, 3.05) is 6.61 Å². The number of rotatable bonds is 2. The summed E-state index contributed by atoms with van der Waals surface area (Å²) in [5.74, 6) is -1.24. The first-order chi connectivity index (χ1) is 6.74. The molecule has 0 atom stereocenters. The van der Waals surface area contributed by atoms with Crippen LogP contribution in [-0.4, -0.2) is 6.61 Å². The fraction of sp³-hybridized carbons (Fsp3) is 0.200. The van der Waals surface area contributed by atoms with E-state index in [1.54, 1.807) is 18.4 Å². The first-order valence-corrected chi connectivity index (χ1v) is 5.10. The van der Waals surface area contributed by atoms with E-state index in [0.29, 0.717) is 17.1 Å². The molecular formula is C10H8F2OS. The van der Waals surface area contributed by atoms with E-state index in [-0.39, 0.29) is 5.39 Å². The van der Waals surface area contributed by atoms with Gasteiger partial charge in [0, 0.05) is 10.1 Å². The van der Waals surface area contributed by atoms with Crippen LogP contribution in [0.3, 0.4) is 0 Å². The zero-order valence-corrected chi connectivity index (χ0v) is 8.33. The summed E-state index contributed by atoms with van der Waals surface area (Å²) in [4.78, 5) is 0. The Hall–Kier alpha value is -1.16.